The van der Waals surface area contributed by atoms with E-state index in [9.17, 15) is 4.79 Å². The lowest BCUT2D eigenvalue weighted by molar-refractivity contribution is -0.130. The molecule has 1 amide bonds. The summed E-state index contributed by atoms with van der Waals surface area (Å²) in [5.41, 5.74) is 2.27. The molecule has 3 heterocycles. The average molecular weight is 405 g/mol. The summed E-state index contributed by atoms with van der Waals surface area (Å²) >= 11 is 0. The van der Waals surface area contributed by atoms with Crippen LogP contribution >= 0.6 is 0 Å². The molecule has 0 spiro atoms. The molecule has 0 radical (unpaired) electrons. The first-order valence-electron chi connectivity index (χ1n) is 10.5. The number of aromatic amines is 1. The summed E-state index contributed by atoms with van der Waals surface area (Å²) in [7, 11) is 0. The van der Waals surface area contributed by atoms with Gasteiger partial charge in [0.25, 0.3) is 0 Å². The molecule has 1 N–H and O–H groups in total. The predicted octanol–water partition coefficient (Wildman–Crippen LogP) is 2.57. The number of hydrogen-bond donors (Lipinski definition) is 1. The van der Waals surface area contributed by atoms with Gasteiger partial charge in [0.1, 0.15) is 5.82 Å². The van der Waals surface area contributed by atoms with Gasteiger partial charge in [-0.15, -0.1) is 0 Å². The summed E-state index contributed by atoms with van der Waals surface area (Å²) in [5, 5.41) is 7.41. The highest BCUT2D eigenvalue weighted by atomic mass is 16.2. The van der Waals surface area contributed by atoms with Gasteiger partial charge in [-0.2, -0.15) is 5.10 Å². The number of hydrogen-bond acceptors (Lipinski definition) is 5. The summed E-state index contributed by atoms with van der Waals surface area (Å²) in [6, 6.07) is 14.4. The number of nitrogens with one attached hydrogen (secondary N) is 1. The molecule has 1 saturated heterocycles. The maximum atomic E-state index is 12.9. The van der Waals surface area contributed by atoms with Gasteiger partial charge in [-0.3, -0.25) is 19.8 Å². The molecule has 1 aliphatic heterocycles. The van der Waals surface area contributed by atoms with Crippen molar-refractivity contribution >= 4 is 5.91 Å². The van der Waals surface area contributed by atoms with Crippen molar-refractivity contribution in [3.8, 4) is 0 Å². The second-order valence-corrected chi connectivity index (χ2v) is 7.77. The van der Waals surface area contributed by atoms with E-state index in [4.69, 9.17) is 0 Å². The van der Waals surface area contributed by atoms with Crippen LogP contribution in [0.25, 0.3) is 0 Å². The normalized spacial score (nSPS) is 17.6. The minimum absolute atomic E-state index is 0.106. The zero-order chi connectivity index (χ0) is 20.8. The van der Waals surface area contributed by atoms with E-state index in [-0.39, 0.29) is 11.9 Å². The number of H-pyrrole nitrogens is 1. The van der Waals surface area contributed by atoms with Crippen molar-refractivity contribution in [3.05, 3.63) is 77.6 Å². The van der Waals surface area contributed by atoms with Crippen molar-refractivity contribution in [1.82, 2.24) is 30.0 Å². The third-order valence-electron chi connectivity index (χ3n) is 5.64. The van der Waals surface area contributed by atoms with Gasteiger partial charge in [-0.1, -0.05) is 36.4 Å². The van der Waals surface area contributed by atoms with Gasteiger partial charge >= 0.3 is 0 Å². The van der Waals surface area contributed by atoms with Crippen LogP contribution in [0, 0.1) is 6.92 Å². The molecule has 1 aromatic carbocycles. The Hall–Kier alpha value is -3.06. The monoisotopic (exact) mass is 404 g/mol. The largest absolute Gasteiger partial charge is 0.341 e. The first-order valence-corrected chi connectivity index (χ1v) is 10.5. The number of carbonyl (C=O) groups is 1. The molecule has 0 bridgehead atoms. The molecule has 7 nitrogen and oxygen atoms in total. The maximum Gasteiger partial charge on any atom is 0.227 e. The van der Waals surface area contributed by atoms with Crippen LogP contribution in [0.1, 0.15) is 35.2 Å². The second kappa shape index (κ2) is 9.63. The first kappa shape index (κ1) is 20.2. The van der Waals surface area contributed by atoms with Gasteiger partial charge in [-0.05, 0) is 37.0 Å². The fourth-order valence-corrected chi connectivity index (χ4v) is 4.00. The highest BCUT2D eigenvalue weighted by Gasteiger charge is 2.29. The Labute approximate surface area is 177 Å². The van der Waals surface area contributed by atoms with Crippen molar-refractivity contribution in [3.63, 3.8) is 0 Å². The number of aromatic nitrogens is 4. The van der Waals surface area contributed by atoms with Crippen LogP contribution in [0.4, 0.5) is 0 Å². The van der Waals surface area contributed by atoms with E-state index in [0.29, 0.717) is 19.5 Å². The fraction of sp³-hybridized carbons (Fsp3) is 0.391. The van der Waals surface area contributed by atoms with Crippen LogP contribution in [0.5, 0.6) is 0 Å². The molecule has 7 heteroatoms. The molecule has 1 atom stereocenters. The van der Waals surface area contributed by atoms with Crippen molar-refractivity contribution in [2.24, 2.45) is 0 Å². The topological polar surface area (TPSA) is 78.0 Å². The number of carbonyl (C=O) groups excluding carboxylic acids is 1. The highest BCUT2D eigenvalue weighted by molar-refractivity contribution is 5.78. The Balaban J connectivity index is 1.46. The van der Waals surface area contributed by atoms with Gasteiger partial charge in [-0.25, -0.2) is 4.98 Å². The fourth-order valence-electron chi connectivity index (χ4n) is 4.00. The molecule has 3 aromatic rings. The third kappa shape index (κ3) is 5.10. The predicted molar refractivity (Wildman–Crippen MR) is 115 cm³/mol. The summed E-state index contributed by atoms with van der Waals surface area (Å²) < 4.78 is 0. The van der Waals surface area contributed by atoms with Gasteiger partial charge in [0.05, 0.1) is 12.5 Å². The zero-order valence-corrected chi connectivity index (χ0v) is 17.4. The first-order chi connectivity index (χ1) is 14.7. The molecule has 2 aromatic heterocycles. The summed E-state index contributed by atoms with van der Waals surface area (Å²) in [6.45, 7) is 5.06. The molecular formula is C23H28N6O. The molecule has 1 aliphatic rings. The number of aryl methyl sites for hydroxylation is 1. The Bertz CT molecular complexity index is 943. The molecule has 1 unspecified atom stereocenters. The van der Waals surface area contributed by atoms with E-state index < -0.39 is 0 Å². The molecule has 30 heavy (non-hydrogen) atoms. The van der Waals surface area contributed by atoms with Crippen LogP contribution in [0.15, 0.2) is 54.9 Å². The van der Waals surface area contributed by atoms with E-state index in [0.717, 1.165) is 43.1 Å². The van der Waals surface area contributed by atoms with E-state index in [1.807, 2.05) is 30.0 Å². The second-order valence-electron chi connectivity index (χ2n) is 7.77. The minimum Gasteiger partial charge on any atom is -0.341 e. The van der Waals surface area contributed by atoms with Crippen molar-refractivity contribution in [1.29, 1.82) is 0 Å². The molecule has 156 valence electrons. The molecule has 0 saturated carbocycles. The molecule has 4 rings (SSSR count). The van der Waals surface area contributed by atoms with Gasteiger partial charge in [0.15, 0.2) is 5.82 Å². The van der Waals surface area contributed by atoms with Crippen molar-refractivity contribution in [2.45, 2.75) is 32.2 Å². The van der Waals surface area contributed by atoms with E-state index in [1.54, 1.807) is 12.4 Å². The van der Waals surface area contributed by atoms with Crippen LogP contribution in [-0.2, 0) is 17.6 Å². The van der Waals surface area contributed by atoms with Gasteiger partial charge < -0.3 is 4.90 Å². The smallest absolute Gasteiger partial charge is 0.227 e. The van der Waals surface area contributed by atoms with Crippen LogP contribution in [0.2, 0.25) is 0 Å². The highest BCUT2D eigenvalue weighted by Crippen LogP contribution is 2.25. The van der Waals surface area contributed by atoms with Crippen molar-refractivity contribution < 1.29 is 4.79 Å². The van der Waals surface area contributed by atoms with Crippen LogP contribution < -0.4 is 0 Å². The van der Waals surface area contributed by atoms with E-state index >= 15 is 0 Å². The number of amides is 1. The summed E-state index contributed by atoms with van der Waals surface area (Å²) in [6.07, 6.45) is 5.67. The van der Waals surface area contributed by atoms with E-state index in [1.165, 1.54) is 5.56 Å². The molecular weight excluding hydrogens is 376 g/mol. The van der Waals surface area contributed by atoms with Crippen LogP contribution in [-0.4, -0.2) is 62.1 Å². The lowest BCUT2D eigenvalue weighted by Gasteiger charge is -2.27. The Morgan fingerprint density at radius 1 is 1.10 bits per heavy atom. The Morgan fingerprint density at radius 3 is 2.67 bits per heavy atom. The van der Waals surface area contributed by atoms with E-state index in [2.05, 4.69) is 49.3 Å². The molecule has 1 fully saturated rings. The SMILES string of the molecule is Cc1nc(C2CCN(C(=O)Cc3cccnc3)CCN2CCc2ccccc2)n[nH]1. The number of nitrogens with zero attached hydrogens (tertiary/aromatic N) is 5. The lowest BCUT2D eigenvalue weighted by atomic mass is 10.1. The summed E-state index contributed by atoms with van der Waals surface area (Å²) in [4.78, 5) is 26.0. The minimum atomic E-state index is 0.106. The number of rotatable bonds is 6. The third-order valence-corrected chi connectivity index (χ3v) is 5.64. The maximum absolute atomic E-state index is 12.9. The quantitative estimate of drug-likeness (QED) is 0.683. The summed E-state index contributed by atoms with van der Waals surface area (Å²) in [5.74, 6) is 1.79. The number of pyridine rings is 1. The Morgan fingerprint density at radius 2 is 1.93 bits per heavy atom. The van der Waals surface area contributed by atoms with Gasteiger partial charge in [0, 0.05) is 38.6 Å². The standard InChI is InChI=1S/C23H28N6O/c1-18-25-23(27-26-18)21-10-13-29(22(30)16-20-8-5-11-24-17-20)15-14-28(21)12-9-19-6-3-2-4-7-19/h2-8,11,17,21H,9-10,12-16H2,1H3,(H,25,26,27). The average Bonchev–Trinajstić information content (AvgIpc) is 3.08. The zero-order valence-electron chi connectivity index (χ0n) is 17.4. The number of benzene rings is 1. The lowest BCUT2D eigenvalue weighted by Crippen LogP contribution is -2.37. The Kier molecular flexibility index (Phi) is 6.49. The van der Waals surface area contributed by atoms with Crippen molar-refractivity contribution in [2.75, 3.05) is 26.2 Å². The van der Waals surface area contributed by atoms with Crippen LogP contribution in [0.3, 0.4) is 0 Å². The van der Waals surface area contributed by atoms with Gasteiger partial charge in [0.2, 0.25) is 5.91 Å². The molecule has 0 aliphatic carbocycles.